The zero-order valence-corrected chi connectivity index (χ0v) is 11.5. The summed E-state index contributed by atoms with van der Waals surface area (Å²) in [6.07, 6.45) is 2.05. The van der Waals surface area contributed by atoms with Gasteiger partial charge in [0.05, 0.1) is 23.6 Å². The van der Waals surface area contributed by atoms with E-state index >= 15 is 0 Å². The Morgan fingerprint density at radius 3 is 2.72 bits per heavy atom. The topological polar surface area (TPSA) is 36.3 Å². The Hall–Kier alpha value is -1.24. The van der Waals surface area contributed by atoms with Crippen LogP contribution in [0.2, 0.25) is 5.02 Å². The van der Waals surface area contributed by atoms with Crippen molar-refractivity contribution in [3.05, 3.63) is 28.8 Å². The lowest BCUT2D eigenvalue weighted by Crippen LogP contribution is -2.25. The first-order valence-corrected chi connectivity index (χ1v) is 6.38. The lowest BCUT2D eigenvalue weighted by molar-refractivity contribution is 0.286. The zero-order chi connectivity index (χ0) is 13.2. The van der Waals surface area contributed by atoms with E-state index in [1.807, 2.05) is 25.2 Å². The molecule has 0 radical (unpaired) electrons. The molecule has 0 amide bonds. The molecule has 1 aromatic rings. The average Bonchev–Trinajstić information content (AvgIpc) is 3.09. The highest BCUT2D eigenvalue weighted by molar-refractivity contribution is 6.32. The summed E-state index contributed by atoms with van der Waals surface area (Å²) in [6.45, 7) is 1.63. The summed E-state index contributed by atoms with van der Waals surface area (Å²) >= 11 is 6.09. The lowest BCUT2D eigenvalue weighted by Gasteiger charge is -2.19. The van der Waals surface area contributed by atoms with E-state index in [-0.39, 0.29) is 5.41 Å². The largest absolute Gasteiger partial charge is 0.495 e. The molecule has 1 aliphatic carbocycles. The van der Waals surface area contributed by atoms with Crippen LogP contribution in [0.3, 0.4) is 0 Å². The van der Waals surface area contributed by atoms with Crippen molar-refractivity contribution in [2.75, 3.05) is 20.7 Å². The molecule has 0 atom stereocenters. The maximum absolute atomic E-state index is 9.07. The number of benzene rings is 1. The van der Waals surface area contributed by atoms with Crippen molar-refractivity contribution in [3.8, 4) is 11.8 Å². The van der Waals surface area contributed by atoms with Gasteiger partial charge in [-0.15, -0.1) is 0 Å². The molecule has 0 N–H and O–H groups in total. The maximum atomic E-state index is 9.07. The summed E-state index contributed by atoms with van der Waals surface area (Å²) in [7, 11) is 3.65. The molecule has 1 aromatic carbocycles. The summed E-state index contributed by atoms with van der Waals surface area (Å²) in [5, 5.41) is 9.70. The normalized spacial score (nSPS) is 16.4. The Labute approximate surface area is 113 Å². The van der Waals surface area contributed by atoms with Gasteiger partial charge < -0.3 is 9.64 Å². The van der Waals surface area contributed by atoms with Crippen LogP contribution in [-0.4, -0.2) is 25.6 Å². The molecular weight excluding hydrogens is 248 g/mol. The van der Waals surface area contributed by atoms with Gasteiger partial charge in [0, 0.05) is 13.1 Å². The van der Waals surface area contributed by atoms with Gasteiger partial charge in [-0.05, 0) is 37.6 Å². The molecule has 1 fully saturated rings. The summed E-state index contributed by atoms with van der Waals surface area (Å²) in [4.78, 5) is 2.17. The van der Waals surface area contributed by atoms with Crippen LogP contribution in [-0.2, 0) is 6.54 Å². The average molecular weight is 265 g/mol. The molecule has 4 heteroatoms. The van der Waals surface area contributed by atoms with Crippen LogP contribution in [0.15, 0.2) is 18.2 Å². The number of halogens is 1. The molecule has 1 aliphatic rings. The predicted octanol–water partition coefficient (Wildman–Crippen LogP) is 3.08. The first-order chi connectivity index (χ1) is 8.58. The van der Waals surface area contributed by atoms with Crippen LogP contribution >= 0.6 is 11.6 Å². The van der Waals surface area contributed by atoms with Crippen molar-refractivity contribution in [2.24, 2.45) is 5.41 Å². The Kier molecular flexibility index (Phi) is 3.79. The van der Waals surface area contributed by atoms with E-state index in [1.165, 1.54) is 0 Å². The number of rotatable bonds is 5. The predicted molar refractivity (Wildman–Crippen MR) is 71.6 cm³/mol. The van der Waals surface area contributed by atoms with E-state index in [1.54, 1.807) is 7.11 Å². The fraction of sp³-hybridized carbons (Fsp3) is 0.500. The Bertz CT molecular complexity index is 477. The molecule has 18 heavy (non-hydrogen) atoms. The molecule has 0 aromatic heterocycles. The van der Waals surface area contributed by atoms with E-state index in [0.29, 0.717) is 10.8 Å². The van der Waals surface area contributed by atoms with Gasteiger partial charge in [0.2, 0.25) is 0 Å². The molecule has 1 saturated carbocycles. The number of methoxy groups -OCH3 is 1. The Balaban J connectivity index is 1.97. The molecular formula is C14H17ClN2O. The van der Waals surface area contributed by atoms with Crippen molar-refractivity contribution in [2.45, 2.75) is 19.4 Å². The lowest BCUT2D eigenvalue weighted by atomic mass is 10.1. The third kappa shape index (κ3) is 2.95. The molecule has 0 spiro atoms. The van der Waals surface area contributed by atoms with E-state index < -0.39 is 0 Å². The summed E-state index contributed by atoms with van der Waals surface area (Å²) in [5.41, 5.74) is 1.04. The third-order valence-electron chi connectivity index (χ3n) is 3.33. The summed E-state index contributed by atoms with van der Waals surface area (Å²) in [5.74, 6) is 0.693. The second kappa shape index (κ2) is 5.17. The fourth-order valence-electron chi connectivity index (χ4n) is 2.15. The van der Waals surface area contributed by atoms with Crippen LogP contribution in [0.5, 0.6) is 5.75 Å². The standard InChI is InChI=1S/C14H17ClN2O/c1-17(10-14(9-16)5-6-14)8-11-3-4-13(18-2)12(15)7-11/h3-4,7H,5-6,8,10H2,1-2H3. The molecule has 2 rings (SSSR count). The van der Waals surface area contributed by atoms with Gasteiger partial charge in [0.25, 0.3) is 0 Å². The van der Waals surface area contributed by atoms with Crippen LogP contribution < -0.4 is 4.74 Å². The summed E-state index contributed by atoms with van der Waals surface area (Å²) in [6, 6.07) is 8.22. The smallest absolute Gasteiger partial charge is 0.137 e. The van der Waals surface area contributed by atoms with E-state index in [0.717, 1.165) is 31.5 Å². The highest BCUT2D eigenvalue weighted by Crippen LogP contribution is 2.45. The first kappa shape index (κ1) is 13.2. The van der Waals surface area contributed by atoms with Crippen LogP contribution in [0.1, 0.15) is 18.4 Å². The number of hydrogen-bond acceptors (Lipinski definition) is 3. The SMILES string of the molecule is COc1ccc(CN(C)CC2(C#N)CC2)cc1Cl. The van der Waals surface area contributed by atoms with Gasteiger partial charge in [0.15, 0.2) is 0 Å². The van der Waals surface area contributed by atoms with Crippen molar-refractivity contribution in [1.82, 2.24) is 4.90 Å². The molecule has 0 aliphatic heterocycles. The molecule has 96 valence electrons. The van der Waals surface area contributed by atoms with Crippen LogP contribution in [0.4, 0.5) is 0 Å². The molecule has 0 heterocycles. The number of nitriles is 1. The van der Waals surface area contributed by atoms with E-state index in [2.05, 4.69) is 11.0 Å². The van der Waals surface area contributed by atoms with Crippen molar-refractivity contribution in [1.29, 1.82) is 5.26 Å². The molecule has 0 unspecified atom stereocenters. The van der Waals surface area contributed by atoms with Gasteiger partial charge in [-0.3, -0.25) is 0 Å². The second-order valence-corrected chi connectivity index (χ2v) is 5.44. The fourth-order valence-corrected chi connectivity index (χ4v) is 2.43. The van der Waals surface area contributed by atoms with Gasteiger partial charge >= 0.3 is 0 Å². The number of hydrogen-bond donors (Lipinski definition) is 0. The Morgan fingerprint density at radius 1 is 1.50 bits per heavy atom. The van der Waals surface area contributed by atoms with Gasteiger partial charge in [0.1, 0.15) is 5.75 Å². The first-order valence-electron chi connectivity index (χ1n) is 6.01. The minimum Gasteiger partial charge on any atom is -0.495 e. The molecule has 0 saturated heterocycles. The zero-order valence-electron chi connectivity index (χ0n) is 10.7. The number of nitrogens with zero attached hydrogens (tertiary/aromatic N) is 2. The van der Waals surface area contributed by atoms with Crippen molar-refractivity contribution < 1.29 is 4.74 Å². The maximum Gasteiger partial charge on any atom is 0.137 e. The number of ether oxygens (including phenoxy) is 1. The third-order valence-corrected chi connectivity index (χ3v) is 3.63. The molecule has 3 nitrogen and oxygen atoms in total. The monoisotopic (exact) mass is 264 g/mol. The summed E-state index contributed by atoms with van der Waals surface area (Å²) < 4.78 is 5.12. The van der Waals surface area contributed by atoms with Gasteiger partial charge in [-0.25, -0.2) is 0 Å². The second-order valence-electron chi connectivity index (χ2n) is 5.03. The quantitative estimate of drug-likeness (QED) is 0.820. The van der Waals surface area contributed by atoms with E-state index in [9.17, 15) is 0 Å². The minimum atomic E-state index is -0.0922. The molecule has 0 bridgehead atoms. The Morgan fingerprint density at radius 2 is 2.22 bits per heavy atom. The van der Waals surface area contributed by atoms with Crippen molar-refractivity contribution >= 4 is 11.6 Å². The highest BCUT2D eigenvalue weighted by atomic mass is 35.5. The van der Waals surface area contributed by atoms with Crippen molar-refractivity contribution in [3.63, 3.8) is 0 Å². The highest BCUT2D eigenvalue weighted by Gasteiger charge is 2.43. The van der Waals surface area contributed by atoms with E-state index in [4.69, 9.17) is 21.6 Å². The minimum absolute atomic E-state index is 0.0922. The van der Waals surface area contributed by atoms with Gasteiger partial charge in [-0.1, -0.05) is 17.7 Å². The van der Waals surface area contributed by atoms with Gasteiger partial charge in [-0.2, -0.15) is 5.26 Å². The van der Waals surface area contributed by atoms with Crippen LogP contribution in [0.25, 0.3) is 0 Å². The van der Waals surface area contributed by atoms with Crippen LogP contribution in [0, 0.1) is 16.7 Å².